The molecule has 0 saturated heterocycles. The van der Waals surface area contributed by atoms with E-state index in [1.54, 1.807) is 0 Å². The molecule has 0 aliphatic carbocycles. The van der Waals surface area contributed by atoms with E-state index >= 15 is 0 Å². The normalized spacial score (nSPS) is 11.4. The van der Waals surface area contributed by atoms with Crippen molar-refractivity contribution in [3.63, 3.8) is 0 Å². The molecule has 0 radical (unpaired) electrons. The van der Waals surface area contributed by atoms with Crippen LogP contribution in [0.1, 0.15) is 19.8 Å². The summed E-state index contributed by atoms with van der Waals surface area (Å²) in [4.78, 5) is 10.1. The van der Waals surface area contributed by atoms with E-state index in [1.165, 1.54) is 0 Å². The van der Waals surface area contributed by atoms with E-state index in [2.05, 4.69) is 0 Å². The first-order valence-corrected chi connectivity index (χ1v) is 3.37. The maximum absolute atomic E-state index is 10.1. The van der Waals surface area contributed by atoms with Crippen LogP contribution in [-0.4, -0.2) is 15.4 Å². The van der Waals surface area contributed by atoms with Gasteiger partial charge in [-0.2, -0.15) is 0 Å². The summed E-state index contributed by atoms with van der Waals surface area (Å²) in [6.07, 6.45) is 0.949. The second-order valence-corrected chi connectivity index (χ2v) is 3.24. The van der Waals surface area contributed by atoms with E-state index in [-0.39, 0.29) is 6.42 Å². The Bertz CT molecular complexity index is 112. The van der Waals surface area contributed by atoms with Crippen LogP contribution in [0.25, 0.3) is 0 Å². The molecule has 0 aromatic rings. The number of hydrogen-bond donors (Lipinski definition) is 1. The van der Waals surface area contributed by atoms with Gasteiger partial charge in [-0.25, -0.2) is 4.79 Å². The van der Waals surface area contributed by atoms with Crippen LogP contribution in [0.15, 0.2) is 0 Å². The zero-order valence-corrected chi connectivity index (χ0v) is 6.54. The first-order valence-electron chi connectivity index (χ1n) is 2.62. The van der Waals surface area contributed by atoms with E-state index < -0.39 is 10.3 Å². The smallest absolute Gasteiger partial charge is 0.340 e. The molecule has 0 aromatic carbocycles. The fourth-order valence-corrected chi connectivity index (χ4v) is 0.799. The molecule has 0 aliphatic rings. The van der Waals surface area contributed by atoms with Crippen molar-refractivity contribution in [2.24, 2.45) is 0 Å². The second kappa shape index (κ2) is 3.28. The van der Waals surface area contributed by atoms with Crippen molar-refractivity contribution in [3.05, 3.63) is 0 Å². The van der Waals surface area contributed by atoms with Crippen LogP contribution >= 0.6 is 23.2 Å². The van der Waals surface area contributed by atoms with Gasteiger partial charge in [0.2, 0.25) is 4.33 Å². The molecule has 0 spiro atoms. The lowest BCUT2D eigenvalue weighted by Gasteiger charge is -2.10. The molecule has 54 valence electrons. The Balaban J connectivity index is 3.85. The molecule has 0 atom stereocenters. The number of halogens is 2. The Morgan fingerprint density at radius 2 is 2.11 bits per heavy atom. The van der Waals surface area contributed by atoms with Gasteiger partial charge in [0.15, 0.2) is 0 Å². The molecule has 9 heavy (non-hydrogen) atoms. The molecule has 0 fully saturated rings. The maximum atomic E-state index is 10.1. The van der Waals surface area contributed by atoms with Crippen molar-refractivity contribution in [3.8, 4) is 0 Å². The van der Waals surface area contributed by atoms with Crippen LogP contribution in [0, 0.1) is 0 Å². The average Bonchev–Trinajstić information content (AvgIpc) is 1.65. The van der Waals surface area contributed by atoms with Crippen LogP contribution in [0.2, 0.25) is 0 Å². The van der Waals surface area contributed by atoms with Gasteiger partial charge in [-0.05, 0) is 6.42 Å². The zero-order valence-electron chi connectivity index (χ0n) is 5.03. The lowest BCUT2D eigenvalue weighted by Crippen LogP contribution is -2.24. The molecule has 4 heteroatoms. The molecule has 0 aromatic heterocycles. The van der Waals surface area contributed by atoms with Crippen molar-refractivity contribution < 1.29 is 9.90 Å². The molecule has 1 N–H and O–H groups in total. The number of rotatable bonds is 3. The highest BCUT2D eigenvalue weighted by Gasteiger charge is 2.31. The van der Waals surface area contributed by atoms with Crippen LogP contribution in [0.3, 0.4) is 0 Å². The standard InChI is InChI=1S/C5H8Cl2O2/c1-2-3-5(6,7)4(8)9/h2-3H2,1H3,(H,8,9). The summed E-state index contributed by atoms with van der Waals surface area (Å²) < 4.78 is -1.59. The van der Waals surface area contributed by atoms with Gasteiger partial charge in [-0.1, -0.05) is 36.5 Å². The molecule has 0 bridgehead atoms. The van der Waals surface area contributed by atoms with Gasteiger partial charge in [0, 0.05) is 0 Å². The number of carbonyl (C=O) groups is 1. The molecule has 0 heterocycles. The predicted molar refractivity (Wildman–Crippen MR) is 37.0 cm³/mol. The van der Waals surface area contributed by atoms with Crippen molar-refractivity contribution in [2.75, 3.05) is 0 Å². The molecule has 0 amide bonds. The lowest BCUT2D eigenvalue weighted by molar-refractivity contribution is -0.137. The molecular formula is C5H8Cl2O2. The largest absolute Gasteiger partial charge is 0.479 e. The minimum absolute atomic E-state index is 0.283. The average molecular weight is 171 g/mol. The number of aliphatic carboxylic acids is 1. The van der Waals surface area contributed by atoms with Gasteiger partial charge in [0.05, 0.1) is 0 Å². The SMILES string of the molecule is CCCC(Cl)(Cl)C(=O)O. The monoisotopic (exact) mass is 170 g/mol. The highest BCUT2D eigenvalue weighted by Crippen LogP contribution is 2.26. The summed E-state index contributed by atoms with van der Waals surface area (Å²) in [6.45, 7) is 1.82. The topological polar surface area (TPSA) is 37.3 Å². The Morgan fingerprint density at radius 3 is 2.22 bits per heavy atom. The lowest BCUT2D eigenvalue weighted by atomic mass is 10.2. The Kier molecular flexibility index (Phi) is 3.30. The van der Waals surface area contributed by atoms with E-state index in [4.69, 9.17) is 28.3 Å². The van der Waals surface area contributed by atoms with Crippen molar-refractivity contribution >= 4 is 29.2 Å². The van der Waals surface area contributed by atoms with Crippen LogP contribution < -0.4 is 0 Å². The maximum Gasteiger partial charge on any atom is 0.340 e. The van der Waals surface area contributed by atoms with Crippen LogP contribution in [0.4, 0.5) is 0 Å². The number of hydrogen-bond acceptors (Lipinski definition) is 1. The molecule has 0 aliphatic heterocycles. The zero-order chi connectivity index (χ0) is 7.49. The summed E-state index contributed by atoms with van der Waals surface area (Å²) in [5.41, 5.74) is 0. The van der Waals surface area contributed by atoms with Gasteiger partial charge in [0.25, 0.3) is 0 Å². The van der Waals surface area contributed by atoms with Crippen LogP contribution in [0.5, 0.6) is 0 Å². The summed E-state index contributed by atoms with van der Waals surface area (Å²) >= 11 is 10.7. The number of alkyl halides is 2. The quantitative estimate of drug-likeness (QED) is 0.659. The number of carboxylic acid groups (broad SMARTS) is 1. The summed E-state index contributed by atoms with van der Waals surface area (Å²) in [7, 11) is 0. The van der Waals surface area contributed by atoms with Crippen molar-refractivity contribution in [1.29, 1.82) is 0 Å². The van der Waals surface area contributed by atoms with Gasteiger partial charge in [0.1, 0.15) is 0 Å². The Labute approximate surface area is 63.8 Å². The van der Waals surface area contributed by atoms with Gasteiger partial charge >= 0.3 is 5.97 Å². The predicted octanol–water partition coefficient (Wildman–Crippen LogP) is 2.04. The third-order valence-corrected chi connectivity index (χ3v) is 1.58. The van der Waals surface area contributed by atoms with Crippen molar-refractivity contribution in [2.45, 2.75) is 24.1 Å². The van der Waals surface area contributed by atoms with E-state index in [0.29, 0.717) is 6.42 Å². The van der Waals surface area contributed by atoms with E-state index in [0.717, 1.165) is 0 Å². The summed E-state index contributed by atoms with van der Waals surface area (Å²) in [5.74, 6) is -1.17. The Hall–Kier alpha value is 0.0500. The molecule has 0 rings (SSSR count). The first-order chi connectivity index (χ1) is 4.00. The molecule has 0 saturated carbocycles. The first kappa shape index (κ1) is 9.05. The fraction of sp³-hybridized carbons (Fsp3) is 0.800. The van der Waals surface area contributed by atoms with Crippen LogP contribution in [-0.2, 0) is 4.79 Å². The molecular weight excluding hydrogens is 163 g/mol. The number of carboxylic acids is 1. The molecule has 2 nitrogen and oxygen atoms in total. The fourth-order valence-electron chi connectivity index (χ4n) is 0.421. The van der Waals surface area contributed by atoms with Gasteiger partial charge in [-0.15, -0.1) is 0 Å². The van der Waals surface area contributed by atoms with Gasteiger partial charge < -0.3 is 5.11 Å². The molecule has 0 unspecified atom stereocenters. The minimum atomic E-state index is -1.59. The van der Waals surface area contributed by atoms with E-state index in [1.807, 2.05) is 6.92 Å². The van der Waals surface area contributed by atoms with Gasteiger partial charge in [-0.3, -0.25) is 0 Å². The highest BCUT2D eigenvalue weighted by atomic mass is 35.5. The van der Waals surface area contributed by atoms with E-state index in [9.17, 15) is 4.79 Å². The third kappa shape index (κ3) is 2.92. The Morgan fingerprint density at radius 1 is 1.67 bits per heavy atom. The summed E-state index contributed by atoms with van der Waals surface area (Å²) in [6, 6.07) is 0. The third-order valence-electron chi connectivity index (χ3n) is 0.877. The van der Waals surface area contributed by atoms with Crippen molar-refractivity contribution in [1.82, 2.24) is 0 Å². The highest BCUT2D eigenvalue weighted by molar-refractivity contribution is 6.57. The second-order valence-electron chi connectivity index (χ2n) is 1.76. The minimum Gasteiger partial charge on any atom is -0.479 e. The summed E-state index contributed by atoms with van der Waals surface area (Å²) in [5, 5.41) is 8.31.